The molecule has 6 nitrogen and oxygen atoms in total. The Balaban J connectivity index is 1.62. The smallest absolute Gasteiger partial charge is 0.240 e. The van der Waals surface area contributed by atoms with Gasteiger partial charge in [0.2, 0.25) is 15.9 Å². The summed E-state index contributed by atoms with van der Waals surface area (Å²) >= 11 is 0. The Morgan fingerprint density at radius 2 is 1.86 bits per heavy atom. The van der Waals surface area contributed by atoms with Crippen LogP contribution in [0, 0.1) is 5.82 Å². The van der Waals surface area contributed by atoms with Crippen molar-refractivity contribution in [1.82, 2.24) is 4.72 Å². The number of carbonyl (C=O) groups excluding carboxylic acids is 1. The second-order valence-corrected chi connectivity index (χ2v) is 9.39. The summed E-state index contributed by atoms with van der Waals surface area (Å²) in [5.74, 6) is -0.367. The van der Waals surface area contributed by atoms with Crippen LogP contribution in [0.25, 0.3) is 0 Å². The molecule has 154 valence electrons. The van der Waals surface area contributed by atoms with Crippen LogP contribution < -0.4 is 9.62 Å². The Morgan fingerprint density at radius 3 is 2.55 bits per heavy atom. The van der Waals surface area contributed by atoms with Gasteiger partial charge < -0.3 is 9.64 Å². The van der Waals surface area contributed by atoms with E-state index >= 15 is 0 Å². The number of anilines is 1. The normalized spacial score (nSPS) is 17.9. The fraction of sp³-hybridized carbons (Fsp3) is 0.381. The maximum Gasteiger partial charge on any atom is 0.240 e. The van der Waals surface area contributed by atoms with E-state index in [1.165, 1.54) is 13.2 Å². The number of benzene rings is 2. The van der Waals surface area contributed by atoms with Crippen molar-refractivity contribution in [3.05, 3.63) is 58.9 Å². The summed E-state index contributed by atoms with van der Waals surface area (Å²) in [5, 5.41) is 0. The molecule has 29 heavy (non-hydrogen) atoms. The molecule has 1 N–H and O–H groups in total. The number of amides is 1. The Kier molecular flexibility index (Phi) is 4.96. The highest BCUT2D eigenvalue weighted by atomic mass is 32.2. The minimum Gasteiger partial charge on any atom is -0.372 e. The number of nitrogens with zero attached hydrogens (tertiary/aromatic N) is 1. The molecule has 0 spiro atoms. The lowest BCUT2D eigenvalue weighted by Crippen LogP contribution is -2.40. The van der Waals surface area contributed by atoms with Gasteiger partial charge in [-0.25, -0.2) is 17.5 Å². The lowest BCUT2D eigenvalue weighted by atomic mass is 9.95. The van der Waals surface area contributed by atoms with Crippen molar-refractivity contribution in [2.45, 2.75) is 36.7 Å². The molecular weight excluding hydrogens is 395 g/mol. The Bertz CT molecular complexity index is 1090. The fourth-order valence-electron chi connectivity index (χ4n) is 4.06. The number of halogens is 1. The van der Waals surface area contributed by atoms with Gasteiger partial charge >= 0.3 is 0 Å². The molecule has 8 heteroatoms. The van der Waals surface area contributed by atoms with Crippen LogP contribution in [-0.2, 0) is 38.0 Å². The predicted octanol–water partition coefficient (Wildman–Crippen LogP) is 2.50. The first kappa shape index (κ1) is 20.0. The van der Waals surface area contributed by atoms with Gasteiger partial charge in [0, 0.05) is 32.2 Å². The minimum atomic E-state index is -3.84. The van der Waals surface area contributed by atoms with Gasteiger partial charge in [-0.2, -0.15) is 0 Å². The molecule has 0 aromatic heterocycles. The molecule has 2 heterocycles. The number of sulfonamides is 1. The predicted molar refractivity (Wildman–Crippen MR) is 107 cm³/mol. The molecule has 0 aliphatic carbocycles. The maximum atomic E-state index is 14.2. The third-order valence-corrected chi connectivity index (χ3v) is 7.21. The van der Waals surface area contributed by atoms with E-state index in [1.54, 1.807) is 42.2 Å². The summed E-state index contributed by atoms with van der Waals surface area (Å²) in [6.07, 6.45) is 1.56. The monoisotopic (exact) mass is 418 g/mol. The SMILES string of the molecule is CO[C@@](C)(CNS(=O)(=O)c1cc2c3c(c1)CCN3C(=O)CC2)c1ccccc1F. The number of carbonyl (C=O) groups is 1. The second-order valence-electron chi connectivity index (χ2n) is 7.62. The zero-order valence-electron chi connectivity index (χ0n) is 16.4. The zero-order chi connectivity index (χ0) is 20.8. The van der Waals surface area contributed by atoms with Crippen LogP contribution in [0.2, 0.25) is 0 Å². The molecule has 2 aromatic carbocycles. The minimum absolute atomic E-state index is 0.0886. The van der Waals surface area contributed by atoms with E-state index in [0.717, 1.165) is 16.8 Å². The van der Waals surface area contributed by atoms with E-state index in [2.05, 4.69) is 4.72 Å². The van der Waals surface area contributed by atoms with Crippen molar-refractivity contribution in [2.24, 2.45) is 0 Å². The molecule has 2 aliphatic rings. The molecular formula is C21H23FN2O4S. The average Bonchev–Trinajstić information content (AvgIpc) is 3.15. The van der Waals surface area contributed by atoms with Crippen molar-refractivity contribution >= 4 is 21.6 Å². The summed E-state index contributed by atoms with van der Waals surface area (Å²) in [4.78, 5) is 14.0. The van der Waals surface area contributed by atoms with E-state index in [0.29, 0.717) is 25.8 Å². The van der Waals surface area contributed by atoms with Gasteiger partial charge in [0.05, 0.1) is 10.6 Å². The third kappa shape index (κ3) is 3.45. The highest BCUT2D eigenvalue weighted by Crippen LogP contribution is 2.38. The molecule has 0 saturated carbocycles. The summed E-state index contributed by atoms with van der Waals surface area (Å²) in [6, 6.07) is 9.43. The second kappa shape index (κ2) is 7.19. The molecule has 4 rings (SSSR count). The van der Waals surface area contributed by atoms with Gasteiger partial charge in [0.15, 0.2) is 0 Å². The first-order valence-corrected chi connectivity index (χ1v) is 11.0. The standard InChI is InChI=1S/C21H23FN2O4S/c1-21(28-2,17-5-3-4-6-18(17)22)13-23-29(26,27)16-11-14-7-8-19(25)24-10-9-15(12-16)20(14)24/h3-6,11-12,23H,7-10,13H2,1-2H3/t21-/m0/s1. The Hall–Kier alpha value is -2.29. The largest absolute Gasteiger partial charge is 0.372 e. The molecule has 1 atom stereocenters. The van der Waals surface area contributed by atoms with Crippen molar-refractivity contribution in [3.8, 4) is 0 Å². The number of methoxy groups -OCH3 is 1. The summed E-state index contributed by atoms with van der Waals surface area (Å²) in [6.45, 7) is 2.11. The van der Waals surface area contributed by atoms with Crippen molar-refractivity contribution in [3.63, 3.8) is 0 Å². The number of nitrogens with one attached hydrogen (secondary N) is 1. The van der Waals surface area contributed by atoms with Gasteiger partial charge in [-0.05, 0) is 49.1 Å². The fourth-order valence-corrected chi connectivity index (χ4v) is 5.29. The highest BCUT2D eigenvalue weighted by Gasteiger charge is 2.34. The van der Waals surface area contributed by atoms with Crippen LogP contribution in [0.1, 0.15) is 30.0 Å². The van der Waals surface area contributed by atoms with Gasteiger partial charge in [0.1, 0.15) is 11.4 Å². The lowest BCUT2D eigenvalue weighted by Gasteiger charge is -2.29. The molecule has 1 amide bonds. The lowest BCUT2D eigenvalue weighted by molar-refractivity contribution is -0.118. The van der Waals surface area contributed by atoms with Crippen molar-refractivity contribution < 1.29 is 22.3 Å². The first-order chi connectivity index (χ1) is 13.7. The van der Waals surface area contributed by atoms with Gasteiger partial charge in [0.25, 0.3) is 0 Å². The number of hydrogen-bond acceptors (Lipinski definition) is 4. The van der Waals surface area contributed by atoms with E-state index < -0.39 is 21.4 Å². The molecule has 0 saturated heterocycles. The summed E-state index contributed by atoms with van der Waals surface area (Å²) in [5.41, 5.74) is 1.74. The van der Waals surface area contributed by atoms with Crippen LogP contribution in [0.15, 0.2) is 41.3 Å². The number of aryl methyl sites for hydroxylation is 1. The molecule has 2 aromatic rings. The van der Waals surface area contributed by atoms with Gasteiger partial charge in [-0.3, -0.25) is 4.79 Å². The first-order valence-electron chi connectivity index (χ1n) is 9.51. The van der Waals surface area contributed by atoms with Gasteiger partial charge in [-0.15, -0.1) is 0 Å². The molecule has 0 unspecified atom stereocenters. The van der Waals surface area contributed by atoms with Crippen molar-refractivity contribution in [1.29, 1.82) is 0 Å². The average molecular weight is 418 g/mol. The molecule has 0 fully saturated rings. The van der Waals surface area contributed by atoms with Crippen LogP contribution in [0.5, 0.6) is 0 Å². The van der Waals surface area contributed by atoms with Crippen LogP contribution in [0.3, 0.4) is 0 Å². The highest BCUT2D eigenvalue weighted by molar-refractivity contribution is 7.89. The van der Waals surface area contributed by atoms with E-state index in [9.17, 15) is 17.6 Å². The van der Waals surface area contributed by atoms with E-state index in [1.807, 2.05) is 0 Å². The topological polar surface area (TPSA) is 75.7 Å². The van der Waals surface area contributed by atoms with Crippen LogP contribution >= 0.6 is 0 Å². The molecule has 0 bridgehead atoms. The molecule has 2 aliphatic heterocycles. The van der Waals surface area contributed by atoms with Crippen LogP contribution in [0.4, 0.5) is 10.1 Å². The molecule has 0 radical (unpaired) electrons. The maximum absolute atomic E-state index is 14.2. The quantitative estimate of drug-likeness (QED) is 0.782. The Morgan fingerprint density at radius 1 is 1.17 bits per heavy atom. The van der Waals surface area contributed by atoms with E-state index in [4.69, 9.17) is 4.74 Å². The summed E-state index contributed by atoms with van der Waals surface area (Å²) < 4.78 is 48.3. The number of rotatable bonds is 6. The van der Waals surface area contributed by atoms with Gasteiger partial charge in [-0.1, -0.05) is 18.2 Å². The number of ether oxygens (including phenoxy) is 1. The third-order valence-electron chi connectivity index (χ3n) is 5.83. The number of hydrogen-bond donors (Lipinski definition) is 1. The van der Waals surface area contributed by atoms with Crippen LogP contribution in [-0.4, -0.2) is 34.5 Å². The van der Waals surface area contributed by atoms with E-state index in [-0.39, 0.29) is 22.9 Å². The zero-order valence-corrected chi connectivity index (χ0v) is 17.2. The van der Waals surface area contributed by atoms with Crippen molar-refractivity contribution in [2.75, 3.05) is 25.1 Å². The summed E-state index contributed by atoms with van der Waals surface area (Å²) in [7, 11) is -2.42. The Labute approximate surface area is 169 Å².